The van der Waals surface area contributed by atoms with Crippen LogP contribution in [0.2, 0.25) is 0 Å². The molecule has 0 radical (unpaired) electrons. The normalized spacial score (nSPS) is 10.8. The molecule has 0 aliphatic heterocycles. The van der Waals surface area contributed by atoms with Crippen LogP contribution in [0.15, 0.2) is 89.5 Å². The predicted molar refractivity (Wildman–Crippen MR) is 131 cm³/mol. The van der Waals surface area contributed by atoms with Crippen LogP contribution >= 0.6 is 0 Å². The maximum atomic E-state index is 12.6. The van der Waals surface area contributed by atoms with Gasteiger partial charge in [0.05, 0.1) is 28.0 Å². The Hall–Kier alpha value is -4.85. The average Bonchev–Trinajstić information content (AvgIpc) is 3.31. The number of carbonyl (C=O) groups is 2. The summed E-state index contributed by atoms with van der Waals surface area (Å²) in [5, 5.41) is 6.18. The van der Waals surface area contributed by atoms with Gasteiger partial charge in [0.25, 0.3) is 5.91 Å². The van der Waals surface area contributed by atoms with Crippen molar-refractivity contribution in [2.45, 2.75) is 6.92 Å². The van der Waals surface area contributed by atoms with E-state index in [4.69, 9.17) is 19.2 Å². The van der Waals surface area contributed by atoms with E-state index < -0.39 is 18.5 Å². The number of aryl methyl sites for hydroxylation is 1. The van der Waals surface area contributed by atoms with E-state index in [-0.39, 0.29) is 11.4 Å². The second-order valence-corrected chi connectivity index (χ2v) is 7.80. The molecule has 0 spiro atoms. The molecule has 5 aromatic rings. The smallest absolute Gasteiger partial charge is 0.338 e. The first-order valence-corrected chi connectivity index (χ1v) is 10.9. The summed E-state index contributed by atoms with van der Waals surface area (Å²) in [6.45, 7) is 1.24. The zero-order chi connectivity index (χ0) is 24.2. The highest BCUT2D eigenvalue weighted by atomic mass is 16.5. The van der Waals surface area contributed by atoms with Crippen LogP contribution in [0.3, 0.4) is 0 Å². The number of aromatic nitrogens is 3. The molecule has 8 nitrogen and oxygen atoms in total. The van der Waals surface area contributed by atoms with Gasteiger partial charge in [0.2, 0.25) is 0 Å². The Bertz CT molecular complexity index is 1510. The molecule has 0 aliphatic carbocycles. The van der Waals surface area contributed by atoms with Crippen molar-refractivity contribution < 1.29 is 18.8 Å². The summed E-state index contributed by atoms with van der Waals surface area (Å²) in [5.74, 6) is -0.355. The summed E-state index contributed by atoms with van der Waals surface area (Å²) < 4.78 is 10.1. The highest BCUT2D eigenvalue weighted by Gasteiger charge is 2.16. The predicted octanol–water partition coefficient (Wildman–Crippen LogP) is 5.06. The van der Waals surface area contributed by atoms with Crippen LogP contribution in [0.5, 0.6) is 0 Å². The zero-order valence-corrected chi connectivity index (χ0v) is 18.8. The average molecular weight is 464 g/mol. The molecule has 0 unspecified atom stereocenters. The molecule has 0 fully saturated rings. The molecule has 2 aromatic heterocycles. The number of anilines is 1. The van der Waals surface area contributed by atoms with Gasteiger partial charge in [-0.3, -0.25) is 4.79 Å². The Balaban J connectivity index is 1.42. The number of fused-ring (bicyclic) bond motifs is 1. The first kappa shape index (κ1) is 22.0. The zero-order valence-electron chi connectivity index (χ0n) is 18.8. The Morgan fingerprint density at radius 1 is 0.829 bits per heavy atom. The van der Waals surface area contributed by atoms with Crippen LogP contribution in [0, 0.1) is 6.92 Å². The minimum absolute atomic E-state index is 0.257. The maximum Gasteiger partial charge on any atom is 0.338 e. The Morgan fingerprint density at radius 3 is 2.06 bits per heavy atom. The first-order valence-electron chi connectivity index (χ1n) is 10.9. The lowest BCUT2D eigenvalue weighted by molar-refractivity contribution is -0.119. The van der Waals surface area contributed by atoms with Crippen molar-refractivity contribution in [2.24, 2.45) is 0 Å². The second kappa shape index (κ2) is 9.56. The third kappa shape index (κ3) is 4.91. The topological polar surface area (TPSA) is 107 Å². The largest absolute Gasteiger partial charge is 0.452 e. The minimum Gasteiger partial charge on any atom is -0.452 e. The van der Waals surface area contributed by atoms with Crippen molar-refractivity contribution >= 4 is 28.7 Å². The van der Waals surface area contributed by atoms with Crippen molar-refractivity contribution in [1.82, 2.24) is 15.1 Å². The van der Waals surface area contributed by atoms with E-state index in [1.54, 1.807) is 31.2 Å². The quantitative estimate of drug-likeness (QED) is 0.350. The second-order valence-electron chi connectivity index (χ2n) is 7.80. The molecule has 1 amide bonds. The van der Waals surface area contributed by atoms with E-state index in [1.165, 1.54) is 0 Å². The number of nitrogens with zero attached hydrogens (tertiary/aromatic N) is 3. The van der Waals surface area contributed by atoms with Gasteiger partial charge in [0.1, 0.15) is 5.76 Å². The summed E-state index contributed by atoms with van der Waals surface area (Å²) in [4.78, 5) is 34.4. The highest BCUT2D eigenvalue weighted by Crippen LogP contribution is 2.31. The highest BCUT2D eigenvalue weighted by molar-refractivity contribution is 5.97. The van der Waals surface area contributed by atoms with E-state index in [2.05, 4.69) is 10.5 Å². The molecule has 0 atom stereocenters. The lowest BCUT2D eigenvalue weighted by Crippen LogP contribution is -2.21. The first-order chi connectivity index (χ1) is 17.1. The van der Waals surface area contributed by atoms with Crippen molar-refractivity contribution in [3.05, 3.63) is 96.3 Å². The number of esters is 1. The third-order valence-electron chi connectivity index (χ3n) is 5.22. The van der Waals surface area contributed by atoms with Crippen LogP contribution in [0.25, 0.3) is 33.5 Å². The van der Waals surface area contributed by atoms with Gasteiger partial charge >= 0.3 is 5.97 Å². The molecule has 172 valence electrons. The van der Waals surface area contributed by atoms with E-state index in [9.17, 15) is 9.59 Å². The fourth-order valence-electron chi connectivity index (χ4n) is 3.59. The lowest BCUT2D eigenvalue weighted by atomic mass is 10.0. The number of ether oxygens (including phenoxy) is 1. The SMILES string of the molecule is Cc1cc(NC(=O)COC(=O)c2ccc3nc(-c4ccccc4)c(-c4ccccc4)nc3c2)no1. The van der Waals surface area contributed by atoms with Gasteiger partial charge in [-0.1, -0.05) is 65.8 Å². The third-order valence-corrected chi connectivity index (χ3v) is 5.22. The molecule has 2 heterocycles. The maximum absolute atomic E-state index is 12.6. The number of nitrogens with one attached hydrogen (secondary N) is 1. The van der Waals surface area contributed by atoms with Crippen LogP contribution in [-0.4, -0.2) is 33.6 Å². The number of carbonyl (C=O) groups excluding carboxylic acids is 2. The van der Waals surface area contributed by atoms with Gasteiger partial charge in [0.15, 0.2) is 12.4 Å². The van der Waals surface area contributed by atoms with Crippen molar-refractivity contribution in [3.63, 3.8) is 0 Å². The van der Waals surface area contributed by atoms with E-state index in [0.717, 1.165) is 16.8 Å². The molecule has 0 bridgehead atoms. The summed E-state index contributed by atoms with van der Waals surface area (Å²) in [6, 6.07) is 26.1. The summed E-state index contributed by atoms with van der Waals surface area (Å²) in [7, 11) is 0. The minimum atomic E-state index is -0.645. The van der Waals surface area contributed by atoms with Gasteiger partial charge in [-0.25, -0.2) is 14.8 Å². The van der Waals surface area contributed by atoms with Gasteiger partial charge in [-0.05, 0) is 25.1 Å². The van der Waals surface area contributed by atoms with Crippen LogP contribution in [0.4, 0.5) is 5.82 Å². The molecule has 5 rings (SSSR count). The number of rotatable bonds is 6. The molecular weight excluding hydrogens is 444 g/mol. The standard InChI is InChI=1S/C27H20N4O4/c1-17-14-23(31-35-17)30-24(32)16-34-27(33)20-12-13-21-22(15-20)29-26(19-10-6-3-7-11-19)25(28-21)18-8-4-2-5-9-18/h2-15H,16H2,1H3,(H,30,31,32). The molecular formula is C27H20N4O4. The Labute approximate surface area is 200 Å². The number of amides is 1. The van der Waals surface area contributed by atoms with Crippen molar-refractivity contribution in [2.75, 3.05) is 11.9 Å². The summed E-state index contributed by atoms with van der Waals surface area (Å²) in [5.41, 5.74) is 4.76. The molecule has 1 N–H and O–H groups in total. The fraction of sp³-hybridized carbons (Fsp3) is 0.0741. The van der Waals surface area contributed by atoms with Gasteiger partial charge in [0, 0.05) is 17.2 Å². The van der Waals surface area contributed by atoms with E-state index in [1.807, 2.05) is 60.7 Å². The van der Waals surface area contributed by atoms with Crippen molar-refractivity contribution in [1.29, 1.82) is 0 Å². The van der Waals surface area contributed by atoms with E-state index >= 15 is 0 Å². The Kier molecular flexibility index (Phi) is 6.00. The molecule has 35 heavy (non-hydrogen) atoms. The molecule has 3 aromatic carbocycles. The van der Waals surface area contributed by atoms with E-state index in [0.29, 0.717) is 22.5 Å². The molecule has 0 aliphatic rings. The fourth-order valence-corrected chi connectivity index (χ4v) is 3.59. The summed E-state index contributed by atoms with van der Waals surface area (Å²) >= 11 is 0. The van der Waals surface area contributed by atoms with Crippen LogP contribution < -0.4 is 5.32 Å². The number of benzene rings is 3. The number of hydrogen-bond donors (Lipinski definition) is 1. The molecule has 0 saturated carbocycles. The van der Waals surface area contributed by atoms with Crippen LogP contribution in [0.1, 0.15) is 16.1 Å². The monoisotopic (exact) mass is 464 g/mol. The van der Waals surface area contributed by atoms with Gasteiger partial charge in [-0.2, -0.15) is 0 Å². The number of hydrogen-bond acceptors (Lipinski definition) is 7. The molecule has 0 saturated heterocycles. The van der Waals surface area contributed by atoms with Gasteiger partial charge < -0.3 is 14.6 Å². The summed E-state index contributed by atoms with van der Waals surface area (Å²) in [6.07, 6.45) is 0. The lowest BCUT2D eigenvalue weighted by Gasteiger charge is -2.11. The molecule has 8 heteroatoms. The van der Waals surface area contributed by atoms with Crippen LogP contribution in [-0.2, 0) is 9.53 Å². The van der Waals surface area contributed by atoms with Gasteiger partial charge in [-0.15, -0.1) is 0 Å². The Morgan fingerprint density at radius 2 is 1.46 bits per heavy atom. The van der Waals surface area contributed by atoms with Crippen molar-refractivity contribution in [3.8, 4) is 22.5 Å².